The summed E-state index contributed by atoms with van der Waals surface area (Å²) >= 11 is 1.40. The minimum atomic E-state index is -0.572. The van der Waals surface area contributed by atoms with E-state index in [1.54, 1.807) is 11.0 Å². The minimum Gasteiger partial charge on any atom is -0.444 e. The number of nitrogens with one attached hydrogen (secondary N) is 1. The standard InChI is InChI=1S/C30H34N6O3S/c1-19-14-23(15-20(2)32-19)25-24(22-9-6-8-21(16-22)17-31)33-26(40-25)34-27(37)36-13-12-35(18-30(36)10-7-11-30)28(38)39-29(3,4)5/h6,8-9,14-16H,7,10-13,18H2,1-5H3,(H,33,34,37). The highest BCUT2D eigenvalue weighted by Crippen LogP contribution is 2.43. The van der Waals surface area contributed by atoms with Crippen molar-refractivity contribution in [1.29, 1.82) is 5.26 Å². The van der Waals surface area contributed by atoms with Crippen molar-refractivity contribution in [2.75, 3.05) is 25.0 Å². The highest BCUT2D eigenvalue weighted by Gasteiger charge is 2.50. The molecule has 0 bridgehead atoms. The lowest BCUT2D eigenvalue weighted by molar-refractivity contribution is -0.0370. The summed E-state index contributed by atoms with van der Waals surface area (Å²) < 4.78 is 5.60. The van der Waals surface area contributed by atoms with E-state index in [-0.39, 0.29) is 12.1 Å². The van der Waals surface area contributed by atoms with E-state index >= 15 is 0 Å². The quantitative estimate of drug-likeness (QED) is 0.400. The molecule has 3 heterocycles. The van der Waals surface area contributed by atoms with E-state index in [0.29, 0.717) is 36.0 Å². The number of nitrogens with zero attached hydrogens (tertiary/aromatic N) is 5. The number of thiazole rings is 1. The van der Waals surface area contributed by atoms with Gasteiger partial charge < -0.3 is 14.5 Å². The lowest BCUT2D eigenvalue weighted by Crippen LogP contribution is -2.68. The summed E-state index contributed by atoms with van der Waals surface area (Å²) in [6.07, 6.45) is 2.35. The first-order chi connectivity index (χ1) is 19.0. The van der Waals surface area contributed by atoms with Crippen LogP contribution in [0.3, 0.4) is 0 Å². The van der Waals surface area contributed by atoms with Gasteiger partial charge in [-0.25, -0.2) is 14.6 Å². The first-order valence-corrected chi connectivity index (χ1v) is 14.3. The Balaban J connectivity index is 1.42. The summed E-state index contributed by atoms with van der Waals surface area (Å²) in [5, 5.41) is 13.0. The highest BCUT2D eigenvalue weighted by molar-refractivity contribution is 7.19. The van der Waals surface area contributed by atoms with Crippen molar-refractivity contribution in [2.24, 2.45) is 0 Å². The van der Waals surface area contributed by atoms with Gasteiger partial charge in [0, 0.05) is 36.6 Å². The van der Waals surface area contributed by atoms with Crippen molar-refractivity contribution in [1.82, 2.24) is 19.8 Å². The molecule has 1 aliphatic heterocycles. The van der Waals surface area contributed by atoms with Crippen molar-refractivity contribution in [3.8, 4) is 27.8 Å². The van der Waals surface area contributed by atoms with Crippen LogP contribution in [0.4, 0.5) is 14.7 Å². The maximum absolute atomic E-state index is 13.7. The van der Waals surface area contributed by atoms with Gasteiger partial charge in [-0.05, 0) is 83.7 Å². The van der Waals surface area contributed by atoms with Crippen molar-refractivity contribution in [3.63, 3.8) is 0 Å². The normalized spacial score (nSPS) is 16.3. The van der Waals surface area contributed by atoms with Crippen LogP contribution in [0.5, 0.6) is 0 Å². The molecule has 1 N–H and O–H groups in total. The molecule has 1 saturated carbocycles. The van der Waals surface area contributed by atoms with Gasteiger partial charge in [0.2, 0.25) is 0 Å². The topological polar surface area (TPSA) is 111 Å². The number of pyridine rings is 1. The van der Waals surface area contributed by atoms with Crippen molar-refractivity contribution >= 4 is 28.6 Å². The van der Waals surface area contributed by atoms with Crippen LogP contribution in [-0.2, 0) is 4.74 Å². The van der Waals surface area contributed by atoms with Crippen molar-refractivity contribution in [3.05, 3.63) is 53.3 Å². The molecular weight excluding hydrogens is 524 g/mol. The predicted molar refractivity (Wildman–Crippen MR) is 155 cm³/mol. The van der Waals surface area contributed by atoms with Gasteiger partial charge >= 0.3 is 12.1 Å². The number of hydrogen-bond donors (Lipinski definition) is 1. The molecule has 5 rings (SSSR count). The van der Waals surface area contributed by atoms with Gasteiger partial charge in [-0.15, -0.1) is 0 Å². The van der Waals surface area contributed by atoms with Gasteiger partial charge in [0.25, 0.3) is 0 Å². The highest BCUT2D eigenvalue weighted by atomic mass is 32.1. The van der Waals surface area contributed by atoms with Gasteiger partial charge in [-0.3, -0.25) is 10.3 Å². The molecule has 40 heavy (non-hydrogen) atoms. The Hall–Kier alpha value is -3.97. The molecule has 10 heteroatoms. The van der Waals surface area contributed by atoms with E-state index in [1.165, 1.54) is 11.3 Å². The summed E-state index contributed by atoms with van der Waals surface area (Å²) in [6, 6.07) is 13.3. The zero-order valence-corrected chi connectivity index (χ0v) is 24.4. The Kier molecular flexibility index (Phi) is 7.27. The largest absolute Gasteiger partial charge is 0.444 e. The predicted octanol–water partition coefficient (Wildman–Crippen LogP) is 6.37. The number of anilines is 1. The van der Waals surface area contributed by atoms with Crippen LogP contribution >= 0.6 is 11.3 Å². The molecule has 3 amide bonds. The number of carbonyl (C=O) groups is 2. The lowest BCUT2D eigenvalue weighted by Gasteiger charge is -2.55. The fourth-order valence-corrected chi connectivity index (χ4v) is 6.38. The van der Waals surface area contributed by atoms with E-state index in [9.17, 15) is 14.9 Å². The average Bonchev–Trinajstić information content (AvgIpc) is 3.29. The third kappa shape index (κ3) is 5.65. The second-order valence-corrected chi connectivity index (χ2v) is 12.6. The number of carbonyl (C=O) groups excluding carboxylic acids is 2. The third-order valence-electron chi connectivity index (χ3n) is 7.28. The number of amides is 3. The number of hydrogen-bond acceptors (Lipinski definition) is 7. The molecule has 0 atom stereocenters. The van der Waals surface area contributed by atoms with E-state index in [1.807, 2.05) is 69.9 Å². The minimum absolute atomic E-state index is 0.219. The molecular formula is C30H34N6O3S. The molecule has 1 aliphatic carbocycles. The molecule has 9 nitrogen and oxygen atoms in total. The molecule has 1 spiro atoms. The second kappa shape index (κ2) is 10.5. The number of benzene rings is 1. The van der Waals surface area contributed by atoms with Crippen LogP contribution in [0.2, 0.25) is 0 Å². The molecule has 0 radical (unpaired) electrons. The zero-order chi connectivity index (χ0) is 28.7. The Bertz CT molecular complexity index is 1480. The fourth-order valence-electron chi connectivity index (χ4n) is 5.42. The third-order valence-corrected chi connectivity index (χ3v) is 8.30. The van der Waals surface area contributed by atoms with Crippen molar-refractivity contribution < 1.29 is 14.3 Å². The molecule has 208 valence electrons. The SMILES string of the molecule is Cc1cc(-c2sc(NC(=O)N3CCN(C(=O)OC(C)(C)C)CC34CCC4)nc2-c2cccc(C#N)c2)cc(C)n1. The fraction of sp³-hybridized carbons (Fsp3) is 0.433. The zero-order valence-electron chi connectivity index (χ0n) is 23.6. The molecule has 2 aromatic heterocycles. The monoisotopic (exact) mass is 558 g/mol. The van der Waals surface area contributed by atoms with Crippen LogP contribution in [-0.4, -0.2) is 62.7 Å². The van der Waals surface area contributed by atoms with Crippen LogP contribution in [0.1, 0.15) is 57.0 Å². The number of aromatic nitrogens is 2. The number of urea groups is 1. The Morgan fingerprint density at radius 3 is 2.42 bits per heavy atom. The first kappa shape index (κ1) is 27.6. The van der Waals surface area contributed by atoms with Crippen LogP contribution in [0.25, 0.3) is 21.7 Å². The van der Waals surface area contributed by atoms with Gasteiger partial charge in [0.1, 0.15) is 5.60 Å². The molecule has 2 aliphatic rings. The number of aryl methyl sites for hydroxylation is 2. The summed E-state index contributed by atoms with van der Waals surface area (Å²) in [4.78, 5) is 40.3. The maximum atomic E-state index is 13.7. The van der Waals surface area contributed by atoms with Crippen LogP contribution in [0.15, 0.2) is 36.4 Å². The van der Waals surface area contributed by atoms with Crippen LogP contribution in [0, 0.1) is 25.2 Å². The van der Waals surface area contributed by atoms with E-state index in [0.717, 1.165) is 46.7 Å². The molecule has 1 aromatic carbocycles. The summed E-state index contributed by atoms with van der Waals surface area (Å²) in [6.45, 7) is 10.8. The van der Waals surface area contributed by atoms with Gasteiger partial charge in [-0.2, -0.15) is 5.26 Å². The first-order valence-electron chi connectivity index (χ1n) is 13.5. The summed E-state index contributed by atoms with van der Waals surface area (Å²) in [5.74, 6) is 0. The van der Waals surface area contributed by atoms with Gasteiger partial charge in [-0.1, -0.05) is 23.5 Å². The molecule has 3 aromatic rings. The van der Waals surface area contributed by atoms with Gasteiger partial charge in [0.05, 0.1) is 27.7 Å². The molecule has 1 saturated heterocycles. The van der Waals surface area contributed by atoms with Gasteiger partial charge in [0.15, 0.2) is 5.13 Å². The van der Waals surface area contributed by atoms with E-state index in [4.69, 9.17) is 9.72 Å². The number of piperazine rings is 1. The average molecular weight is 559 g/mol. The molecule has 0 unspecified atom stereocenters. The number of nitriles is 1. The maximum Gasteiger partial charge on any atom is 0.410 e. The Morgan fingerprint density at radius 2 is 1.80 bits per heavy atom. The van der Waals surface area contributed by atoms with Crippen LogP contribution < -0.4 is 5.32 Å². The summed E-state index contributed by atoms with van der Waals surface area (Å²) in [5.41, 5.74) is 3.82. The van der Waals surface area contributed by atoms with E-state index in [2.05, 4.69) is 16.4 Å². The molecule has 2 fully saturated rings. The summed E-state index contributed by atoms with van der Waals surface area (Å²) in [7, 11) is 0. The number of rotatable bonds is 3. The Labute approximate surface area is 238 Å². The van der Waals surface area contributed by atoms with Crippen molar-refractivity contribution in [2.45, 2.75) is 65.0 Å². The van der Waals surface area contributed by atoms with E-state index < -0.39 is 11.1 Å². The smallest absolute Gasteiger partial charge is 0.410 e. The lowest BCUT2D eigenvalue weighted by atomic mass is 9.74. The number of ether oxygens (including phenoxy) is 1. The Morgan fingerprint density at radius 1 is 1.07 bits per heavy atom. The second-order valence-electron chi connectivity index (χ2n) is 11.6.